The van der Waals surface area contributed by atoms with Gasteiger partial charge in [0.05, 0.1) is 15.6 Å². The molecule has 0 N–H and O–H groups in total. The molecular formula is C30H33BrO6. The van der Waals surface area contributed by atoms with Crippen LogP contribution in [0.25, 0.3) is 0 Å². The molecule has 0 fully saturated rings. The van der Waals surface area contributed by atoms with Crippen molar-refractivity contribution < 1.29 is 28.5 Å². The van der Waals surface area contributed by atoms with E-state index in [1.807, 2.05) is 77.9 Å². The summed E-state index contributed by atoms with van der Waals surface area (Å²) in [5.41, 5.74) is 6.42. The number of benzene rings is 3. The van der Waals surface area contributed by atoms with E-state index in [0.717, 1.165) is 33.4 Å². The fourth-order valence-electron chi connectivity index (χ4n) is 4.46. The van der Waals surface area contributed by atoms with Crippen molar-refractivity contribution in [1.82, 2.24) is 0 Å². The van der Waals surface area contributed by atoms with Crippen molar-refractivity contribution in [3.63, 3.8) is 0 Å². The predicted molar refractivity (Wildman–Crippen MR) is 147 cm³/mol. The number of hydrogen-bond acceptors (Lipinski definition) is 6. The zero-order valence-corrected chi connectivity index (χ0v) is 24.0. The summed E-state index contributed by atoms with van der Waals surface area (Å²) in [5, 5.41) is 0. The molecule has 6 nitrogen and oxygen atoms in total. The van der Waals surface area contributed by atoms with Crippen LogP contribution in [0.2, 0.25) is 0 Å². The lowest BCUT2D eigenvalue weighted by Gasteiger charge is -2.21. The van der Waals surface area contributed by atoms with E-state index in [-0.39, 0.29) is 6.79 Å². The van der Waals surface area contributed by atoms with Gasteiger partial charge in [-0.25, -0.2) is 9.59 Å². The topological polar surface area (TPSA) is 71.1 Å². The predicted octanol–water partition coefficient (Wildman–Crippen LogP) is 7.11. The summed E-state index contributed by atoms with van der Waals surface area (Å²) < 4.78 is 22.9. The number of carbonyl (C=O) groups excluding carboxylic acids is 2. The van der Waals surface area contributed by atoms with E-state index in [0.29, 0.717) is 45.7 Å². The van der Waals surface area contributed by atoms with Crippen LogP contribution in [0.15, 0.2) is 40.9 Å². The summed E-state index contributed by atoms with van der Waals surface area (Å²) in [6.45, 7) is 11.5. The van der Waals surface area contributed by atoms with Gasteiger partial charge in [0.1, 0.15) is 18.1 Å². The van der Waals surface area contributed by atoms with Gasteiger partial charge in [-0.3, -0.25) is 0 Å². The summed E-state index contributed by atoms with van der Waals surface area (Å²) in [5.74, 6) is 0.211. The lowest BCUT2D eigenvalue weighted by Crippen LogP contribution is -2.18. The molecule has 0 spiro atoms. The van der Waals surface area contributed by atoms with Gasteiger partial charge in [-0.1, -0.05) is 37.3 Å². The normalized spacial score (nSPS) is 10.8. The Hall–Kier alpha value is -3.16. The van der Waals surface area contributed by atoms with E-state index < -0.39 is 11.9 Å². The van der Waals surface area contributed by atoms with E-state index in [1.165, 1.54) is 7.11 Å². The van der Waals surface area contributed by atoms with Crippen LogP contribution in [0, 0.1) is 34.6 Å². The lowest BCUT2D eigenvalue weighted by molar-refractivity contribution is -0.0126. The standard InChI is InChI=1S/C30H33BrO6/c1-8-23-20(5)26(29(32)36-16-34-7)18(3)19(4)28(23)37-30(33)25-17(2)14-24(27(31)21(25)6)35-15-22-12-10-9-11-13-22/h9-14H,8,15-16H2,1-7H3. The Morgan fingerprint density at radius 3 is 2.16 bits per heavy atom. The quantitative estimate of drug-likeness (QED) is 0.155. The Kier molecular flexibility index (Phi) is 9.51. The Bertz CT molecular complexity index is 1310. The molecule has 0 unspecified atom stereocenters. The smallest absolute Gasteiger partial charge is 0.344 e. The minimum atomic E-state index is -0.464. The molecule has 0 saturated heterocycles. The number of aryl methyl sites for hydroxylation is 1. The molecule has 196 valence electrons. The van der Waals surface area contributed by atoms with Crippen LogP contribution in [-0.2, 0) is 22.5 Å². The second-order valence-corrected chi connectivity index (χ2v) is 9.71. The first-order valence-electron chi connectivity index (χ1n) is 12.1. The van der Waals surface area contributed by atoms with Gasteiger partial charge in [0.15, 0.2) is 6.79 Å². The van der Waals surface area contributed by atoms with Gasteiger partial charge in [-0.2, -0.15) is 0 Å². The third kappa shape index (κ3) is 6.05. The zero-order valence-electron chi connectivity index (χ0n) is 22.4. The van der Waals surface area contributed by atoms with Gasteiger partial charge in [-0.05, 0) is 102 Å². The maximum atomic E-state index is 13.5. The van der Waals surface area contributed by atoms with E-state index in [9.17, 15) is 9.59 Å². The number of hydrogen-bond donors (Lipinski definition) is 0. The Morgan fingerprint density at radius 2 is 1.54 bits per heavy atom. The largest absolute Gasteiger partial charge is 0.488 e. The highest BCUT2D eigenvalue weighted by atomic mass is 79.9. The van der Waals surface area contributed by atoms with Gasteiger partial charge in [0.2, 0.25) is 0 Å². The molecule has 0 saturated carbocycles. The van der Waals surface area contributed by atoms with E-state index in [4.69, 9.17) is 18.9 Å². The van der Waals surface area contributed by atoms with Crippen molar-refractivity contribution in [2.75, 3.05) is 13.9 Å². The molecule has 0 aliphatic carbocycles. The number of methoxy groups -OCH3 is 1. The van der Waals surface area contributed by atoms with Crippen LogP contribution < -0.4 is 9.47 Å². The maximum absolute atomic E-state index is 13.5. The molecule has 0 aliphatic rings. The van der Waals surface area contributed by atoms with Crippen molar-refractivity contribution >= 4 is 27.9 Å². The van der Waals surface area contributed by atoms with E-state index in [1.54, 1.807) is 0 Å². The highest BCUT2D eigenvalue weighted by molar-refractivity contribution is 9.10. The van der Waals surface area contributed by atoms with Crippen molar-refractivity contribution in [2.45, 2.75) is 54.6 Å². The van der Waals surface area contributed by atoms with Gasteiger partial charge < -0.3 is 18.9 Å². The Balaban J connectivity index is 1.95. The minimum absolute atomic E-state index is 0.132. The zero-order chi connectivity index (χ0) is 27.3. The third-order valence-electron chi connectivity index (χ3n) is 6.54. The second-order valence-electron chi connectivity index (χ2n) is 8.92. The first-order valence-corrected chi connectivity index (χ1v) is 12.9. The van der Waals surface area contributed by atoms with Crippen molar-refractivity contribution in [3.8, 4) is 11.5 Å². The van der Waals surface area contributed by atoms with Gasteiger partial charge in [-0.15, -0.1) is 0 Å². The summed E-state index contributed by atoms with van der Waals surface area (Å²) in [6, 6.07) is 11.7. The summed E-state index contributed by atoms with van der Waals surface area (Å²) >= 11 is 3.61. The number of halogens is 1. The van der Waals surface area contributed by atoms with Gasteiger partial charge in [0, 0.05) is 7.11 Å². The molecule has 0 aromatic heterocycles. The van der Waals surface area contributed by atoms with Gasteiger partial charge in [0.25, 0.3) is 0 Å². The molecule has 3 aromatic rings. The third-order valence-corrected chi connectivity index (χ3v) is 7.53. The van der Waals surface area contributed by atoms with Crippen molar-refractivity contribution in [1.29, 1.82) is 0 Å². The van der Waals surface area contributed by atoms with Crippen LogP contribution in [0.3, 0.4) is 0 Å². The number of rotatable bonds is 9. The average molecular weight is 569 g/mol. The van der Waals surface area contributed by atoms with E-state index in [2.05, 4.69) is 15.9 Å². The fraction of sp³-hybridized carbons (Fsp3) is 0.333. The first kappa shape index (κ1) is 28.4. The minimum Gasteiger partial charge on any atom is -0.488 e. The molecule has 37 heavy (non-hydrogen) atoms. The molecule has 3 aromatic carbocycles. The highest BCUT2D eigenvalue weighted by Crippen LogP contribution is 2.37. The molecule has 0 heterocycles. The van der Waals surface area contributed by atoms with Gasteiger partial charge >= 0.3 is 11.9 Å². The first-order chi connectivity index (χ1) is 17.6. The molecular weight excluding hydrogens is 536 g/mol. The average Bonchev–Trinajstić information content (AvgIpc) is 2.88. The molecule has 0 radical (unpaired) electrons. The number of carbonyl (C=O) groups is 2. The molecule has 0 bridgehead atoms. The monoisotopic (exact) mass is 568 g/mol. The Morgan fingerprint density at radius 1 is 0.865 bits per heavy atom. The lowest BCUT2D eigenvalue weighted by atomic mass is 9.91. The second kappa shape index (κ2) is 12.4. The van der Waals surface area contributed by atoms with Crippen LogP contribution >= 0.6 is 15.9 Å². The van der Waals surface area contributed by atoms with Crippen LogP contribution in [0.1, 0.15) is 66.6 Å². The van der Waals surface area contributed by atoms with Crippen molar-refractivity contribution in [2.24, 2.45) is 0 Å². The fourth-order valence-corrected chi connectivity index (χ4v) is 4.89. The van der Waals surface area contributed by atoms with Crippen molar-refractivity contribution in [3.05, 3.63) is 90.9 Å². The number of esters is 2. The molecule has 0 amide bonds. The van der Waals surface area contributed by atoms with Crippen LogP contribution in [0.4, 0.5) is 0 Å². The Labute approximate surface area is 227 Å². The molecule has 3 rings (SSSR count). The SMILES string of the molecule is CCc1c(C)c(C(=O)OCOC)c(C)c(C)c1OC(=O)c1c(C)cc(OCc2ccccc2)c(Br)c1C. The number of ether oxygens (including phenoxy) is 4. The molecule has 0 atom stereocenters. The van der Waals surface area contributed by atoms with E-state index >= 15 is 0 Å². The molecule has 0 aliphatic heterocycles. The van der Waals surface area contributed by atoms with Crippen LogP contribution in [-0.4, -0.2) is 25.8 Å². The summed E-state index contributed by atoms with van der Waals surface area (Å²) in [4.78, 5) is 26.2. The molecule has 7 heteroatoms. The maximum Gasteiger partial charge on any atom is 0.344 e. The summed E-state index contributed by atoms with van der Waals surface area (Å²) in [6.07, 6.45) is 0.577. The highest BCUT2D eigenvalue weighted by Gasteiger charge is 2.26. The van der Waals surface area contributed by atoms with Crippen LogP contribution in [0.5, 0.6) is 11.5 Å². The summed E-state index contributed by atoms with van der Waals surface area (Å²) in [7, 11) is 1.46.